The molecule has 0 spiro atoms. The summed E-state index contributed by atoms with van der Waals surface area (Å²) in [5.74, 6) is 0. The molecule has 3 unspecified atom stereocenters. The van der Waals surface area contributed by atoms with E-state index in [4.69, 9.17) is 4.74 Å². The quantitative estimate of drug-likeness (QED) is 0.756. The third-order valence-electron chi connectivity index (χ3n) is 4.18. The van der Waals surface area contributed by atoms with Crippen molar-refractivity contribution in [2.75, 3.05) is 6.54 Å². The maximum Gasteiger partial charge on any atom is 0.0579 e. The van der Waals surface area contributed by atoms with Gasteiger partial charge >= 0.3 is 0 Å². The number of hydrogen-bond donors (Lipinski definition) is 1. The van der Waals surface area contributed by atoms with Crippen molar-refractivity contribution in [3.05, 3.63) is 35.9 Å². The van der Waals surface area contributed by atoms with Crippen LogP contribution in [0.2, 0.25) is 0 Å². The molecule has 1 aromatic rings. The van der Waals surface area contributed by atoms with Gasteiger partial charge < -0.3 is 10.1 Å². The zero-order valence-corrected chi connectivity index (χ0v) is 13.0. The van der Waals surface area contributed by atoms with Crippen LogP contribution in [0.3, 0.4) is 0 Å². The van der Waals surface area contributed by atoms with E-state index in [1.54, 1.807) is 0 Å². The number of benzene rings is 1. The van der Waals surface area contributed by atoms with Crippen LogP contribution in [-0.4, -0.2) is 18.8 Å². The summed E-state index contributed by atoms with van der Waals surface area (Å²) in [6, 6.07) is 11.3. The van der Waals surface area contributed by atoms with Crippen molar-refractivity contribution < 1.29 is 4.74 Å². The Morgan fingerprint density at radius 2 is 2.05 bits per heavy atom. The molecule has 0 aromatic heterocycles. The Morgan fingerprint density at radius 1 is 1.25 bits per heavy atom. The van der Waals surface area contributed by atoms with Gasteiger partial charge in [-0.3, -0.25) is 0 Å². The molecule has 1 N–H and O–H groups in total. The van der Waals surface area contributed by atoms with Gasteiger partial charge in [0.25, 0.3) is 0 Å². The van der Waals surface area contributed by atoms with E-state index >= 15 is 0 Å². The molecule has 2 heteroatoms. The highest BCUT2D eigenvalue weighted by Crippen LogP contribution is 2.25. The van der Waals surface area contributed by atoms with Crippen LogP contribution in [-0.2, 0) is 4.74 Å². The van der Waals surface area contributed by atoms with E-state index in [-0.39, 0.29) is 0 Å². The van der Waals surface area contributed by atoms with Crippen LogP contribution in [0.4, 0.5) is 0 Å². The molecule has 1 aliphatic rings. The minimum Gasteiger partial charge on any atom is -0.375 e. The van der Waals surface area contributed by atoms with Gasteiger partial charge in [-0.05, 0) is 57.6 Å². The van der Waals surface area contributed by atoms with Gasteiger partial charge in [-0.2, -0.15) is 0 Å². The smallest absolute Gasteiger partial charge is 0.0579 e. The average Bonchev–Trinajstić information content (AvgIpc) is 2.89. The number of rotatable bonds is 8. The summed E-state index contributed by atoms with van der Waals surface area (Å²) in [5, 5.41) is 3.68. The van der Waals surface area contributed by atoms with Crippen LogP contribution < -0.4 is 5.32 Å². The molecule has 1 aromatic carbocycles. The van der Waals surface area contributed by atoms with Crippen molar-refractivity contribution in [1.29, 1.82) is 0 Å². The van der Waals surface area contributed by atoms with Crippen molar-refractivity contribution in [3.63, 3.8) is 0 Å². The molecule has 0 amide bonds. The Hall–Kier alpha value is -0.860. The van der Waals surface area contributed by atoms with Crippen molar-refractivity contribution in [3.8, 4) is 0 Å². The van der Waals surface area contributed by atoms with Gasteiger partial charge in [0.2, 0.25) is 0 Å². The predicted octanol–water partition coefficient (Wildman–Crippen LogP) is 4.47. The molecular formula is C18H29NO. The fraction of sp³-hybridized carbons (Fsp3) is 0.667. The molecule has 1 fully saturated rings. The summed E-state index contributed by atoms with van der Waals surface area (Å²) in [6.07, 6.45) is 8.32. The highest BCUT2D eigenvalue weighted by atomic mass is 16.5. The normalized spacial score (nSPS) is 23.9. The molecule has 20 heavy (non-hydrogen) atoms. The summed E-state index contributed by atoms with van der Waals surface area (Å²) >= 11 is 0. The van der Waals surface area contributed by atoms with E-state index in [0.717, 1.165) is 6.54 Å². The molecule has 1 saturated heterocycles. The van der Waals surface area contributed by atoms with Gasteiger partial charge in [0, 0.05) is 6.04 Å². The van der Waals surface area contributed by atoms with E-state index in [1.807, 2.05) is 0 Å². The Morgan fingerprint density at radius 3 is 2.70 bits per heavy atom. The number of hydrogen-bond acceptors (Lipinski definition) is 2. The molecule has 2 nitrogen and oxygen atoms in total. The zero-order valence-electron chi connectivity index (χ0n) is 13.0. The summed E-state index contributed by atoms with van der Waals surface area (Å²) in [5.41, 5.74) is 1.42. The summed E-state index contributed by atoms with van der Waals surface area (Å²) in [4.78, 5) is 0. The van der Waals surface area contributed by atoms with Crippen LogP contribution in [0.1, 0.15) is 64.0 Å². The first-order valence-corrected chi connectivity index (χ1v) is 8.23. The van der Waals surface area contributed by atoms with Gasteiger partial charge in [-0.15, -0.1) is 0 Å². The summed E-state index contributed by atoms with van der Waals surface area (Å²) in [7, 11) is 0. The Balaban J connectivity index is 1.78. The third kappa shape index (κ3) is 4.92. The van der Waals surface area contributed by atoms with E-state index < -0.39 is 0 Å². The average molecular weight is 275 g/mol. The van der Waals surface area contributed by atoms with E-state index in [2.05, 4.69) is 49.5 Å². The highest BCUT2D eigenvalue weighted by Gasteiger charge is 2.21. The lowest BCUT2D eigenvalue weighted by Crippen LogP contribution is -2.22. The van der Waals surface area contributed by atoms with Gasteiger partial charge in [-0.1, -0.05) is 37.3 Å². The molecule has 0 radical (unpaired) electrons. The first kappa shape index (κ1) is 15.5. The van der Waals surface area contributed by atoms with Crippen molar-refractivity contribution in [2.24, 2.45) is 0 Å². The second-order valence-corrected chi connectivity index (χ2v) is 5.99. The lowest BCUT2D eigenvalue weighted by atomic mass is 9.99. The van der Waals surface area contributed by atoms with Crippen LogP contribution in [0, 0.1) is 0 Å². The van der Waals surface area contributed by atoms with Crippen molar-refractivity contribution >= 4 is 0 Å². The number of ether oxygens (including phenoxy) is 1. The largest absolute Gasteiger partial charge is 0.375 e. The summed E-state index contributed by atoms with van der Waals surface area (Å²) < 4.78 is 5.91. The molecule has 3 atom stereocenters. The minimum absolute atomic E-state index is 0.475. The Labute approximate surface area is 123 Å². The van der Waals surface area contributed by atoms with Crippen molar-refractivity contribution in [1.82, 2.24) is 5.32 Å². The first-order chi connectivity index (χ1) is 9.79. The third-order valence-corrected chi connectivity index (χ3v) is 4.18. The monoisotopic (exact) mass is 275 g/mol. The Kier molecular flexibility index (Phi) is 6.55. The topological polar surface area (TPSA) is 21.3 Å². The van der Waals surface area contributed by atoms with Crippen molar-refractivity contribution in [2.45, 2.75) is 70.6 Å². The molecule has 1 heterocycles. The standard InChI is InChI=1S/C18H29NO/c1-3-14-19-18(16-8-5-4-6-9-16)11-7-10-17-13-12-15(2)20-17/h4-6,8-9,15,17-19H,3,7,10-14H2,1-2H3. The van der Waals surface area contributed by atoms with Gasteiger partial charge in [0.15, 0.2) is 0 Å². The van der Waals surface area contributed by atoms with Crippen LogP contribution in [0.15, 0.2) is 30.3 Å². The fourth-order valence-corrected chi connectivity index (χ4v) is 3.04. The molecule has 2 rings (SSSR count). The van der Waals surface area contributed by atoms with Crippen LogP contribution in [0.5, 0.6) is 0 Å². The highest BCUT2D eigenvalue weighted by molar-refractivity contribution is 5.18. The molecule has 1 aliphatic heterocycles. The lowest BCUT2D eigenvalue weighted by Gasteiger charge is -2.20. The number of nitrogens with one attached hydrogen (secondary N) is 1. The second-order valence-electron chi connectivity index (χ2n) is 5.99. The minimum atomic E-state index is 0.475. The van der Waals surface area contributed by atoms with E-state index in [0.29, 0.717) is 18.2 Å². The van der Waals surface area contributed by atoms with Gasteiger partial charge in [0.05, 0.1) is 12.2 Å². The maximum atomic E-state index is 5.91. The second kappa shape index (κ2) is 8.43. The lowest BCUT2D eigenvalue weighted by molar-refractivity contribution is 0.0491. The molecule has 0 aliphatic carbocycles. The molecular weight excluding hydrogens is 246 g/mol. The zero-order chi connectivity index (χ0) is 14.2. The van der Waals surface area contributed by atoms with E-state index in [1.165, 1.54) is 44.1 Å². The molecule has 0 saturated carbocycles. The fourth-order valence-electron chi connectivity index (χ4n) is 3.04. The SMILES string of the molecule is CCCNC(CCCC1CCC(C)O1)c1ccccc1. The Bertz CT molecular complexity index is 365. The molecule has 112 valence electrons. The predicted molar refractivity (Wildman–Crippen MR) is 84.9 cm³/mol. The molecule has 0 bridgehead atoms. The summed E-state index contributed by atoms with van der Waals surface area (Å²) in [6.45, 7) is 5.51. The van der Waals surface area contributed by atoms with Gasteiger partial charge in [-0.25, -0.2) is 0 Å². The maximum absolute atomic E-state index is 5.91. The van der Waals surface area contributed by atoms with Crippen LogP contribution in [0.25, 0.3) is 0 Å². The van der Waals surface area contributed by atoms with E-state index in [9.17, 15) is 0 Å². The first-order valence-electron chi connectivity index (χ1n) is 8.23. The van der Waals surface area contributed by atoms with Gasteiger partial charge in [0.1, 0.15) is 0 Å². The van der Waals surface area contributed by atoms with Crippen LogP contribution >= 0.6 is 0 Å².